The summed E-state index contributed by atoms with van der Waals surface area (Å²) in [6.07, 6.45) is 0. The number of hydrogen-bond acceptors (Lipinski definition) is 6. The second-order valence-corrected chi connectivity index (χ2v) is 7.94. The Kier molecular flexibility index (Phi) is 5.10. The Balaban J connectivity index is 1.86. The van der Waals surface area contributed by atoms with E-state index in [1.54, 1.807) is 0 Å². The van der Waals surface area contributed by atoms with Gasteiger partial charge in [0.2, 0.25) is 5.91 Å². The van der Waals surface area contributed by atoms with E-state index in [0.717, 1.165) is 11.3 Å². The first-order chi connectivity index (χ1) is 12.0. The molecule has 1 saturated heterocycles. The third-order valence-electron chi connectivity index (χ3n) is 3.58. The zero-order valence-corrected chi connectivity index (χ0v) is 15.3. The molecule has 2 heterocycles. The van der Waals surface area contributed by atoms with Crippen molar-refractivity contribution >= 4 is 45.8 Å². The maximum Gasteiger partial charge on any atom is 0.281 e. The van der Waals surface area contributed by atoms with Crippen LogP contribution in [0.2, 0.25) is 0 Å². The van der Waals surface area contributed by atoms with Gasteiger partial charge in [0.05, 0.1) is 15.8 Å². The van der Waals surface area contributed by atoms with Gasteiger partial charge in [0.25, 0.3) is 5.91 Å². The molecule has 0 saturated carbocycles. The fourth-order valence-corrected chi connectivity index (χ4v) is 4.09. The summed E-state index contributed by atoms with van der Waals surface area (Å²) in [5.41, 5.74) is 3.18. The van der Waals surface area contributed by atoms with Crippen molar-refractivity contribution in [3.05, 3.63) is 47.3 Å². The molecule has 6 nitrogen and oxygen atoms in total. The van der Waals surface area contributed by atoms with Crippen LogP contribution in [-0.4, -0.2) is 27.3 Å². The van der Waals surface area contributed by atoms with Crippen LogP contribution >= 0.6 is 23.1 Å². The van der Waals surface area contributed by atoms with Gasteiger partial charge in [-0.15, -0.1) is 5.10 Å². The van der Waals surface area contributed by atoms with Crippen LogP contribution in [0.5, 0.6) is 5.06 Å². The summed E-state index contributed by atoms with van der Waals surface area (Å²) in [6, 6.07) is 12.2. The van der Waals surface area contributed by atoms with Crippen LogP contribution in [0.1, 0.15) is 23.5 Å². The highest BCUT2D eigenvalue weighted by Gasteiger charge is 2.40. The number of carbonyl (C=O) groups excluding carboxylic acids is 2. The molecule has 0 spiro atoms. The second-order valence-electron chi connectivity index (χ2n) is 5.76. The third kappa shape index (κ3) is 3.69. The largest absolute Gasteiger partial charge is 0.499 e. The predicted octanol–water partition coefficient (Wildman–Crippen LogP) is 3.26. The Hall–Kier alpha value is -2.32. The third-order valence-corrected chi connectivity index (χ3v) is 5.95. The van der Waals surface area contributed by atoms with E-state index in [-0.39, 0.29) is 22.1 Å². The zero-order chi connectivity index (χ0) is 18.0. The molecule has 1 aliphatic rings. The van der Waals surface area contributed by atoms with Crippen molar-refractivity contribution in [3.8, 4) is 5.06 Å². The zero-order valence-electron chi connectivity index (χ0n) is 13.7. The molecule has 0 radical (unpaired) electrons. The molecule has 2 amide bonds. The normalized spacial score (nSPS) is 19.0. The van der Waals surface area contributed by atoms with Gasteiger partial charge in [-0.3, -0.25) is 14.5 Å². The quantitative estimate of drug-likeness (QED) is 0.804. The van der Waals surface area contributed by atoms with Gasteiger partial charge in [0.15, 0.2) is 10.2 Å². The second kappa shape index (κ2) is 7.28. The van der Waals surface area contributed by atoms with Crippen LogP contribution in [0.3, 0.4) is 0 Å². The summed E-state index contributed by atoms with van der Waals surface area (Å²) in [4.78, 5) is 26.8. The molecule has 8 heteroatoms. The Labute approximate surface area is 153 Å². The highest BCUT2D eigenvalue weighted by atomic mass is 32.2. The molecule has 25 heavy (non-hydrogen) atoms. The number of aromatic hydroxyl groups is 1. The molecular formula is C17H17N3O3S2. The smallest absolute Gasteiger partial charge is 0.281 e. The Morgan fingerprint density at radius 2 is 1.96 bits per heavy atom. The maximum absolute atomic E-state index is 12.8. The first kappa shape index (κ1) is 17.5. The molecule has 3 rings (SSSR count). The maximum atomic E-state index is 12.8. The van der Waals surface area contributed by atoms with E-state index in [9.17, 15) is 14.7 Å². The number of nitrogens with zero attached hydrogens (tertiary/aromatic N) is 2. The SMILES string of the molecule is CC(C)C1S/C(=N/NC(=O)c2ccc(O)s2)N(c2ccccc2)C1=O. The van der Waals surface area contributed by atoms with Crippen LogP contribution in [0.25, 0.3) is 0 Å². The fourth-order valence-electron chi connectivity index (χ4n) is 2.35. The number of thiophene rings is 1. The lowest BCUT2D eigenvalue weighted by Crippen LogP contribution is -2.34. The molecule has 1 fully saturated rings. The molecule has 0 bridgehead atoms. The molecule has 1 atom stereocenters. The van der Waals surface area contributed by atoms with E-state index in [1.807, 2.05) is 44.2 Å². The minimum Gasteiger partial charge on any atom is -0.499 e. The number of anilines is 1. The molecule has 2 N–H and O–H groups in total. The van der Waals surface area contributed by atoms with Gasteiger partial charge in [-0.25, -0.2) is 5.43 Å². The number of carbonyl (C=O) groups is 2. The number of hydrogen-bond donors (Lipinski definition) is 2. The molecule has 2 aromatic rings. The number of nitrogens with one attached hydrogen (secondary N) is 1. The van der Waals surface area contributed by atoms with E-state index >= 15 is 0 Å². The Morgan fingerprint density at radius 3 is 2.56 bits per heavy atom. The van der Waals surface area contributed by atoms with Crippen LogP contribution in [0.4, 0.5) is 5.69 Å². The molecule has 1 unspecified atom stereocenters. The van der Waals surface area contributed by atoms with Crippen LogP contribution in [-0.2, 0) is 4.79 Å². The summed E-state index contributed by atoms with van der Waals surface area (Å²) in [5.74, 6) is -0.332. The highest BCUT2D eigenvalue weighted by Crippen LogP contribution is 2.35. The van der Waals surface area contributed by atoms with Crippen molar-refractivity contribution in [1.82, 2.24) is 5.43 Å². The summed E-state index contributed by atoms with van der Waals surface area (Å²) < 4.78 is 0. The molecule has 1 aliphatic heterocycles. The van der Waals surface area contributed by atoms with Crippen molar-refractivity contribution in [1.29, 1.82) is 0 Å². The standard InChI is InChI=1S/C17H17N3O3S2/c1-10(2)14-16(23)20(11-6-4-3-5-7-11)17(25-14)19-18-15(22)12-8-9-13(21)24-12/h3-10,14,21H,1-2H3,(H,18,22)/b19-17+. The van der Waals surface area contributed by atoms with Crippen LogP contribution in [0.15, 0.2) is 47.6 Å². The van der Waals surface area contributed by atoms with Crippen LogP contribution < -0.4 is 10.3 Å². The minimum atomic E-state index is -0.424. The van der Waals surface area contributed by atoms with Crippen molar-refractivity contribution in [3.63, 3.8) is 0 Å². The monoisotopic (exact) mass is 375 g/mol. The van der Waals surface area contributed by atoms with Gasteiger partial charge in [-0.1, -0.05) is 55.1 Å². The summed E-state index contributed by atoms with van der Waals surface area (Å²) in [5, 5.41) is 13.8. The van der Waals surface area contributed by atoms with Gasteiger partial charge in [0.1, 0.15) is 0 Å². The average molecular weight is 375 g/mol. The fraction of sp³-hybridized carbons (Fsp3) is 0.235. The van der Waals surface area contributed by atoms with Gasteiger partial charge < -0.3 is 5.11 Å². The number of rotatable bonds is 4. The lowest BCUT2D eigenvalue weighted by molar-refractivity contribution is -0.117. The van der Waals surface area contributed by atoms with Crippen molar-refractivity contribution in [2.24, 2.45) is 11.0 Å². The number of thioether (sulfide) groups is 1. The van der Waals surface area contributed by atoms with E-state index < -0.39 is 5.91 Å². The number of amides is 2. The van der Waals surface area contributed by atoms with Crippen molar-refractivity contribution in [2.75, 3.05) is 4.90 Å². The lowest BCUT2D eigenvalue weighted by atomic mass is 10.1. The van der Waals surface area contributed by atoms with Gasteiger partial charge in [-0.05, 0) is 30.2 Å². The predicted molar refractivity (Wildman–Crippen MR) is 101 cm³/mol. The van der Waals surface area contributed by atoms with Gasteiger partial charge in [0, 0.05) is 0 Å². The summed E-state index contributed by atoms with van der Waals surface area (Å²) in [7, 11) is 0. The number of para-hydroxylation sites is 1. The molecule has 1 aromatic heterocycles. The number of benzene rings is 1. The first-order valence-electron chi connectivity index (χ1n) is 7.70. The van der Waals surface area contributed by atoms with E-state index in [0.29, 0.717) is 15.7 Å². The van der Waals surface area contributed by atoms with E-state index in [2.05, 4.69) is 10.5 Å². The molecular weight excluding hydrogens is 358 g/mol. The van der Waals surface area contributed by atoms with Crippen molar-refractivity contribution in [2.45, 2.75) is 19.1 Å². The first-order valence-corrected chi connectivity index (χ1v) is 9.39. The van der Waals surface area contributed by atoms with E-state index in [4.69, 9.17) is 0 Å². The summed E-state index contributed by atoms with van der Waals surface area (Å²) >= 11 is 2.31. The molecule has 0 aliphatic carbocycles. The van der Waals surface area contributed by atoms with Gasteiger partial charge in [-0.2, -0.15) is 0 Å². The average Bonchev–Trinajstić information content (AvgIpc) is 3.17. The number of hydrazone groups is 1. The lowest BCUT2D eigenvalue weighted by Gasteiger charge is -2.16. The number of amidine groups is 1. The van der Waals surface area contributed by atoms with Gasteiger partial charge >= 0.3 is 0 Å². The molecule has 130 valence electrons. The Bertz CT molecular complexity index is 818. The van der Waals surface area contributed by atoms with E-state index in [1.165, 1.54) is 28.8 Å². The summed E-state index contributed by atoms with van der Waals surface area (Å²) in [6.45, 7) is 3.96. The topological polar surface area (TPSA) is 82.0 Å². The van der Waals surface area contributed by atoms with Crippen LogP contribution in [0, 0.1) is 5.92 Å². The minimum absolute atomic E-state index is 0.0482. The Morgan fingerprint density at radius 1 is 1.24 bits per heavy atom. The highest BCUT2D eigenvalue weighted by molar-refractivity contribution is 8.16. The molecule has 1 aromatic carbocycles. The van der Waals surface area contributed by atoms with Crippen molar-refractivity contribution < 1.29 is 14.7 Å².